The van der Waals surface area contributed by atoms with E-state index in [1.807, 2.05) is 12.3 Å². The van der Waals surface area contributed by atoms with Crippen molar-refractivity contribution in [3.8, 4) is 0 Å². The highest BCUT2D eigenvalue weighted by molar-refractivity contribution is 7.91. The molecule has 1 heterocycles. The van der Waals surface area contributed by atoms with Gasteiger partial charge in [0.05, 0.1) is 4.90 Å². The van der Waals surface area contributed by atoms with Gasteiger partial charge in [-0.3, -0.25) is 4.98 Å². The van der Waals surface area contributed by atoms with Gasteiger partial charge in [-0.15, -0.1) is 0 Å². The van der Waals surface area contributed by atoms with Crippen LogP contribution in [0.3, 0.4) is 0 Å². The molecule has 1 saturated carbocycles. The van der Waals surface area contributed by atoms with Crippen LogP contribution in [0.2, 0.25) is 0 Å². The van der Waals surface area contributed by atoms with E-state index >= 15 is 0 Å². The van der Waals surface area contributed by atoms with Gasteiger partial charge < -0.3 is 0 Å². The highest BCUT2D eigenvalue weighted by Crippen LogP contribution is 2.42. The minimum Gasteiger partial charge on any atom is -0.260 e. The second kappa shape index (κ2) is 4.79. The average Bonchev–Trinajstić information content (AvgIpc) is 3.27. The Morgan fingerprint density at radius 1 is 1.18 bits per heavy atom. The van der Waals surface area contributed by atoms with E-state index in [0.29, 0.717) is 16.7 Å². The SMILES string of the molecule is CC1CCc2c(cc3cnc(C4CC4)cc3c2S(C)(=O)=O)C1. The van der Waals surface area contributed by atoms with Gasteiger partial charge >= 0.3 is 0 Å². The van der Waals surface area contributed by atoms with Crippen LogP contribution in [-0.2, 0) is 22.7 Å². The molecule has 2 aliphatic rings. The van der Waals surface area contributed by atoms with Crippen LogP contribution in [0.15, 0.2) is 23.2 Å². The van der Waals surface area contributed by atoms with Crippen LogP contribution >= 0.6 is 0 Å². The van der Waals surface area contributed by atoms with Crippen LogP contribution in [0, 0.1) is 5.92 Å². The molecule has 0 aliphatic heterocycles. The number of pyridine rings is 1. The quantitative estimate of drug-likeness (QED) is 0.850. The van der Waals surface area contributed by atoms with Crippen LogP contribution in [-0.4, -0.2) is 19.7 Å². The van der Waals surface area contributed by atoms with Gasteiger partial charge in [-0.1, -0.05) is 6.92 Å². The van der Waals surface area contributed by atoms with Gasteiger partial charge in [-0.05, 0) is 61.3 Å². The maximum atomic E-state index is 12.5. The fourth-order valence-corrected chi connectivity index (χ4v) is 4.98. The van der Waals surface area contributed by atoms with Crippen molar-refractivity contribution in [2.24, 2.45) is 5.92 Å². The number of sulfone groups is 1. The Bertz CT molecular complexity index is 866. The molecule has 1 fully saturated rings. The molecule has 1 atom stereocenters. The molecule has 4 rings (SSSR count). The third-order valence-corrected chi connectivity index (χ3v) is 6.22. The van der Waals surface area contributed by atoms with Gasteiger partial charge in [0.25, 0.3) is 0 Å². The smallest absolute Gasteiger partial charge is 0.176 e. The van der Waals surface area contributed by atoms with Crippen molar-refractivity contribution < 1.29 is 8.42 Å². The van der Waals surface area contributed by atoms with Gasteiger partial charge in [0.1, 0.15) is 0 Å². The second-order valence-corrected chi connectivity index (χ2v) is 9.02. The second-order valence-electron chi connectivity index (χ2n) is 7.07. The third-order valence-electron chi connectivity index (χ3n) is 5.01. The number of benzene rings is 1. The molecule has 1 aromatic carbocycles. The Kier molecular flexibility index (Phi) is 3.09. The van der Waals surface area contributed by atoms with Crippen molar-refractivity contribution in [3.63, 3.8) is 0 Å². The molecule has 1 aromatic heterocycles. The van der Waals surface area contributed by atoms with Gasteiger partial charge in [-0.25, -0.2) is 8.42 Å². The molecule has 22 heavy (non-hydrogen) atoms. The Hall–Kier alpha value is -1.42. The van der Waals surface area contributed by atoms with Crippen LogP contribution < -0.4 is 0 Å². The van der Waals surface area contributed by atoms with E-state index in [1.54, 1.807) is 0 Å². The number of nitrogens with zero attached hydrogens (tertiary/aromatic N) is 1. The summed E-state index contributed by atoms with van der Waals surface area (Å²) in [5, 5.41) is 1.85. The zero-order chi connectivity index (χ0) is 15.5. The zero-order valence-corrected chi connectivity index (χ0v) is 13.9. The van der Waals surface area contributed by atoms with Gasteiger partial charge in [-0.2, -0.15) is 0 Å². The van der Waals surface area contributed by atoms with Crippen molar-refractivity contribution in [2.45, 2.75) is 49.8 Å². The topological polar surface area (TPSA) is 47.0 Å². The largest absolute Gasteiger partial charge is 0.260 e. The molecule has 0 N–H and O–H groups in total. The molecule has 0 saturated heterocycles. The summed E-state index contributed by atoms with van der Waals surface area (Å²) in [6.07, 6.45) is 8.48. The molecule has 0 bridgehead atoms. The van der Waals surface area contributed by atoms with E-state index in [1.165, 1.54) is 24.7 Å². The summed E-state index contributed by atoms with van der Waals surface area (Å²) in [5.41, 5.74) is 3.32. The van der Waals surface area contributed by atoms with E-state index in [2.05, 4.69) is 18.0 Å². The number of rotatable bonds is 2. The van der Waals surface area contributed by atoms with E-state index in [-0.39, 0.29) is 0 Å². The lowest BCUT2D eigenvalue weighted by Gasteiger charge is -2.25. The average molecular weight is 315 g/mol. The van der Waals surface area contributed by atoms with Crippen LogP contribution in [0.4, 0.5) is 0 Å². The Morgan fingerprint density at radius 3 is 2.64 bits per heavy atom. The fourth-order valence-electron chi connectivity index (χ4n) is 3.73. The lowest BCUT2D eigenvalue weighted by atomic mass is 9.83. The summed E-state index contributed by atoms with van der Waals surface area (Å²) < 4.78 is 25.0. The molecule has 2 aliphatic carbocycles. The van der Waals surface area contributed by atoms with E-state index in [9.17, 15) is 8.42 Å². The van der Waals surface area contributed by atoms with Crippen LogP contribution in [0.25, 0.3) is 10.8 Å². The van der Waals surface area contributed by atoms with E-state index < -0.39 is 9.84 Å². The first-order valence-corrected chi connectivity index (χ1v) is 9.97. The van der Waals surface area contributed by atoms with Crippen molar-refractivity contribution in [1.29, 1.82) is 0 Å². The predicted molar refractivity (Wildman–Crippen MR) is 88.0 cm³/mol. The van der Waals surface area contributed by atoms with Crippen LogP contribution in [0.1, 0.15) is 48.9 Å². The van der Waals surface area contributed by atoms with Crippen molar-refractivity contribution in [1.82, 2.24) is 4.98 Å². The fraction of sp³-hybridized carbons (Fsp3) is 0.500. The molecule has 0 spiro atoms. The van der Waals surface area contributed by atoms with Crippen molar-refractivity contribution in [2.75, 3.05) is 6.26 Å². The predicted octanol–water partition coefficient (Wildman–Crippen LogP) is 3.64. The highest BCUT2D eigenvalue weighted by atomic mass is 32.2. The van der Waals surface area contributed by atoms with Crippen LogP contribution in [0.5, 0.6) is 0 Å². The molecular weight excluding hydrogens is 294 g/mol. The lowest BCUT2D eigenvalue weighted by Crippen LogP contribution is -2.16. The lowest BCUT2D eigenvalue weighted by molar-refractivity contribution is 0.496. The van der Waals surface area contributed by atoms with Gasteiger partial charge in [0, 0.05) is 34.8 Å². The summed E-state index contributed by atoms with van der Waals surface area (Å²) in [6, 6.07) is 4.19. The molecule has 0 amide bonds. The summed E-state index contributed by atoms with van der Waals surface area (Å²) in [7, 11) is -3.24. The first-order chi connectivity index (χ1) is 10.4. The monoisotopic (exact) mass is 315 g/mol. The summed E-state index contributed by atoms with van der Waals surface area (Å²) in [6.45, 7) is 2.24. The maximum absolute atomic E-state index is 12.5. The zero-order valence-electron chi connectivity index (χ0n) is 13.1. The maximum Gasteiger partial charge on any atom is 0.176 e. The minimum absolute atomic E-state index is 0.535. The number of hydrogen-bond donors (Lipinski definition) is 0. The van der Waals surface area contributed by atoms with E-state index in [4.69, 9.17) is 0 Å². The molecule has 116 valence electrons. The molecule has 2 aromatic rings. The standard InChI is InChI=1S/C18H21NO2S/c1-11-3-6-15-13(7-11)8-14-10-19-17(12-4-5-12)9-16(14)18(15)22(2,20)21/h8-12H,3-7H2,1-2H3. The summed E-state index contributed by atoms with van der Waals surface area (Å²) in [5.74, 6) is 1.16. The summed E-state index contributed by atoms with van der Waals surface area (Å²) >= 11 is 0. The van der Waals surface area contributed by atoms with Crippen molar-refractivity contribution >= 4 is 20.6 Å². The molecule has 1 unspecified atom stereocenters. The molecule has 4 heteroatoms. The molecule has 3 nitrogen and oxygen atoms in total. The highest BCUT2D eigenvalue weighted by Gasteiger charge is 2.28. The van der Waals surface area contributed by atoms with Gasteiger partial charge in [0.15, 0.2) is 9.84 Å². The Labute approximate surface area is 131 Å². The van der Waals surface area contributed by atoms with Gasteiger partial charge in [0.2, 0.25) is 0 Å². The van der Waals surface area contributed by atoms with E-state index in [0.717, 1.165) is 41.3 Å². The molecular formula is C18H21NO2S. The Balaban J connectivity index is 2.04. The number of hydrogen-bond acceptors (Lipinski definition) is 3. The third kappa shape index (κ3) is 2.34. The van der Waals surface area contributed by atoms with Crippen molar-refractivity contribution in [3.05, 3.63) is 35.2 Å². The number of fused-ring (bicyclic) bond motifs is 2. The normalized spacial score (nSPS) is 21.8. The first-order valence-electron chi connectivity index (χ1n) is 8.08. The minimum atomic E-state index is -3.24. The Morgan fingerprint density at radius 2 is 1.95 bits per heavy atom. The number of aromatic nitrogens is 1. The first kappa shape index (κ1) is 14.2. The molecule has 0 radical (unpaired) electrons. The summed E-state index contributed by atoms with van der Waals surface area (Å²) in [4.78, 5) is 5.13.